The molecule has 1 aromatic carbocycles. The van der Waals surface area contributed by atoms with Crippen LogP contribution in [0.15, 0.2) is 35.3 Å². The summed E-state index contributed by atoms with van der Waals surface area (Å²) < 4.78 is 5.26. The lowest BCUT2D eigenvalue weighted by atomic mass is 9.94. The van der Waals surface area contributed by atoms with Gasteiger partial charge >= 0.3 is 0 Å². The number of para-hydroxylation sites is 1. The maximum atomic E-state index is 12.5. The van der Waals surface area contributed by atoms with Gasteiger partial charge < -0.3 is 15.0 Å². The molecule has 1 aliphatic carbocycles. The van der Waals surface area contributed by atoms with Gasteiger partial charge in [0.05, 0.1) is 7.11 Å². The Balaban J connectivity index is 1.78. The van der Waals surface area contributed by atoms with Crippen LogP contribution in [0.1, 0.15) is 40.0 Å². The Hall–Kier alpha value is -2.56. The van der Waals surface area contributed by atoms with E-state index >= 15 is 0 Å². The topological polar surface area (TPSA) is 71.2 Å². The number of amides is 1. The number of benzene rings is 1. The molecule has 2 N–H and O–H groups in total. The monoisotopic (exact) mass is 312 g/mol. The molecule has 0 radical (unpaired) electrons. The molecule has 0 bridgehead atoms. The highest BCUT2D eigenvalue weighted by Gasteiger charge is 2.19. The summed E-state index contributed by atoms with van der Waals surface area (Å²) >= 11 is 0. The number of H-pyrrole nitrogens is 1. The smallest absolute Gasteiger partial charge is 0.257 e. The molecular weight excluding hydrogens is 292 g/mol. The lowest BCUT2D eigenvalue weighted by Crippen LogP contribution is -2.31. The van der Waals surface area contributed by atoms with Gasteiger partial charge in [-0.05, 0) is 31.7 Å². The minimum absolute atomic E-state index is 0.143. The fraction of sp³-hybridized carbons (Fsp3) is 0.333. The van der Waals surface area contributed by atoms with Crippen LogP contribution in [0.2, 0.25) is 0 Å². The Bertz CT molecular complexity index is 780. The summed E-state index contributed by atoms with van der Waals surface area (Å²) in [6.45, 7) is 0.319. The molecule has 1 aromatic heterocycles. The molecule has 0 atom stereocenters. The number of hydrogen-bond donors (Lipinski definition) is 2. The number of carbonyl (C=O) groups excluding carboxylic acids is 1. The average molecular weight is 312 g/mol. The molecule has 0 saturated carbocycles. The SMILES string of the molecule is COc1ccccc1CNC(=O)c1c[nH]c2c(c1=O)CCCC2. The van der Waals surface area contributed by atoms with E-state index in [2.05, 4.69) is 10.3 Å². The number of aromatic nitrogens is 1. The molecule has 23 heavy (non-hydrogen) atoms. The van der Waals surface area contributed by atoms with Crippen LogP contribution in [0.4, 0.5) is 0 Å². The van der Waals surface area contributed by atoms with Gasteiger partial charge in [0.1, 0.15) is 11.3 Å². The summed E-state index contributed by atoms with van der Waals surface area (Å²) in [5.41, 5.74) is 2.65. The van der Waals surface area contributed by atoms with Crippen molar-refractivity contribution in [1.82, 2.24) is 10.3 Å². The minimum Gasteiger partial charge on any atom is -0.496 e. The van der Waals surface area contributed by atoms with Crippen LogP contribution in [0, 0.1) is 0 Å². The predicted octanol–water partition coefficient (Wildman–Crippen LogP) is 2.19. The molecule has 0 fully saturated rings. The summed E-state index contributed by atoms with van der Waals surface area (Å²) in [6.07, 6.45) is 5.25. The fourth-order valence-electron chi connectivity index (χ4n) is 2.99. The Labute approximate surface area is 134 Å². The van der Waals surface area contributed by atoms with Gasteiger partial charge in [0.2, 0.25) is 0 Å². The summed E-state index contributed by atoms with van der Waals surface area (Å²) in [5, 5.41) is 2.80. The van der Waals surface area contributed by atoms with Crippen molar-refractivity contribution in [3.8, 4) is 5.75 Å². The number of hydrogen-bond acceptors (Lipinski definition) is 3. The molecule has 2 aromatic rings. The van der Waals surface area contributed by atoms with Gasteiger partial charge in [-0.25, -0.2) is 0 Å². The van der Waals surface area contributed by atoms with Crippen molar-refractivity contribution in [2.45, 2.75) is 32.2 Å². The van der Waals surface area contributed by atoms with Crippen LogP contribution in [0.25, 0.3) is 0 Å². The van der Waals surface area contributed by atoms with Gasteiger partial charge in [-0.15, -0.1) is 0 Å². The highest BCUT2D eigenvalue weighted by atomic mass is 16.5. The van der Waals surface area contributed by atoms with Crippen LogP contribution in [-0.2, 0) is 19.4 Å². The van der Waals surface area contributed by atoms with Crippen molar-refractivity contribution in [2.24, 2.45) is 0 Å². The van der Waals surface area contributed by atoms with Crippen LogP contribution < -0.4 is 15.5 Å². The molecule has 0 spiro atoms. The molecule has 5 heteroatoms. The third kappa shape index (κ3) is 3.13. The summed E-state index contributed by atoms with van der Waals surface area (Å²) in [6, 6.07) is 7.48. The van der Waals surface area contributed by atoms with Crippen molar-refractivity contribution in [3.05, 3.63) is 63.1 Å². The molecular formula is C18H20N2O3. The number of nitrogens with one attached hydrogen (secondary N) is 2. The predicted molar refractivity (Wildman–Crippen MR) is 87.9 cm³/mol. The third-order valence-electron chi connectivity index (χ3n) is 4.25. The number of methoxy groups -OCH3 is 1. The van der Waals surface area contributed by atoms with Crippen molar-refractivity contribution in [3.63, 3.8) is 0 Å². The zero-order valence-electron chi connectivity index (χ0n) is 13.1. The van der Waals surface area contributed by atoms with Gasteiger partial charge in [-0.2, -0.15) is 0 Å². The Morgan fingerprint density at radius 1 is 1.26 bits per heavy atom. The molecule has 0 aliphatic heterocycles. The number of carbonyl (C=O) groups is 1. The summed E-state index contributed by atoms with van der Waals surface area (Å²) in [7, 11) is 1.59. The van der Waals surface area contributed by atoms with Crippen molar-refractivity contribution >= 4 is 5.91 Å². The van der Waals surface area contributed by atoms with Crippen molar-refractivity contribution < 1.29 is 9.53 Å². The van der Waals surface area contributed by atoms with E-state index in [-0.39, 0.29) is 16.9 Å². The summed E-state index contributed by atoms with van der Waals surface area (Å²) in [4.78, 5) is 28.0. The first-order chi connectivity index (χ1) is 11.2. The van der Waals surface area contributed by atoms with E-state index < -0.39 is 0 Å². The van der Waals surface area contributed by atoms with Gasteiger partial charge in [-0.1, -0.05) is 18.2 Å². The van der Waals surface area contributed by atoms with Gasteiger partial charge in [0, 0.05) is 29.6 Å². The van der Waals surface area contributed by atoms with Crippen molar-refractivity contribution in [1.29, 1.82) is 0 Å². The molecule has 0 unspecified atom stereocenters. The Morgan fingerprint density at radius 3 is 2.87 bits per heavy atom. The second-order valence-corrected chi connectivity index (χ2v) is 5.69. The van der Waals surface area contributed by atoms with E-state index in [0.717, 1.165) is 42.5 Å². The van der Waals surface area contributed by atoms with Crippen LogP contribution >= 0.6 is 0 Å². The standard InChI is InChI=1S/C18H20N2O3/c1-23-16-9-5-2-6-12(16)10-20-18(22)14-11-19-15-8-4-3-7-13(15)17(14)21/h2,5-6,9,11H,3-4,7-8,10H2,1H3,(H,19,21)(H,20,22). The van der Waals surface area contributed by atoms with E-state index in [9.17, 15) is 9.59 Å². The van der Waals surface area contributed by atoms with E-state index in [1.54, 1.807) is 7.11 Å². The van der Waals surface area contributed by atoms with E-state index in [4.69, 9.17) is 4.74 Å². The van der Waals surface area contributed by atoms with Gasteiger partial charge in [-0.3, -0.25) is 9.59 Å². The number of aryl methyl sites for hydroxylation is 1. The maximum Gasteiger partial charge on any atom is 0.257 e. The normalized spacial score (nSPS) is 13.3. The lowest BCUT2D eigenvalue weighted by molar-refractivity contribution is 0.0949. The highest BCUT2D eigenvalue weighted by molar-refractivity contribution is 5.94. The number of pyridine rings is 1. The number of aromatic amines is 1. The van der Waals surface area contributed by atoms with Gasteiger partial charge in [0.15, 0.2) is 5.43 Å². The Kier molecular flexibility index (Phi) is 4.46. The average Bonchev–Trinajstić information content (AvgIpc) is 2.60. The molecule has 1 amide bonds. The van der Waals surface area contributed by atoms with Crippen molar-refractivity contribution in [2.75, 3.05) is 7.11 Å². The first kappa shape index (κ1) is 15.3. The zero-order valence-corrected chi connectivity index (χ0v) is 13.1. The quantitative estimate of drug-likeness (QED) is 0.909. The molecule has 5 nitrogen and oxygen atoms in total. The molecule has 3 rings (SSSR count). The zero-order chi connectivity index (χ0) is 16.2. The number of rotatable bonds is 4. The molecule has 120 valence electrons. The van der Waals surface area contributed by atoms with E-state index in [0.29, 0.717) is 12.3 Å². The largest absolute Gasteiger partial charge is 0.496 e. The van der Waals surface area contributed by atoms with Crippen LogP contribution in [-0.4, -0.2) is 18.0 Å². The summed E-state index contributed by atoms with van der Waals surface area (Å²) in [5.74, 6) is 0.359. The molecule has 0 saturated heterocycles. The maximum absolute atomic E-state index is 12.5. The van der Waals surface area contributed by atoms with E-state index in [1.165, 1.54) is 6.20 Å². The van der Waals surface area contributed by atoms with Gasteiger partial charge in [0.25, 0.3) is 5.91 Å². The lowest BCUT2D eigenvalue weighted by Gasteiger charge is -2.15. The fourth-order valence-corrected chi connectivity index (χ4v) is 2.99. The van der Waals surface area contributed by atoms with E-state index in [1.807, 2.05) is 24.3 Å². The Morgan fingerprint density at radius 2 is 2.04 bits per heavy atom. The molecule has 1 aliphatic rings. The second kappa shape index (κ2) is 6.69. The first-order valence-electron chi connectivity index (χ1n) is 7.84. The van der Waals surface area contributed by atoms with Crippen LogP contribution in [0.5, 0.6) is 5.75 Å². The minimum atomic E-state index is -0.356. The first-order valence-corrected chi connectivity index (χ1v) is 7.84. The number of ether oxygens (including phenoxy) is 1. The second-order valence-electron chi connectivity index (χ2n) is 5.69. The number of fused-ring (bicyclic) bond motifs is 1. The molecule has 1 heterocycles. The third-order valence-corrected chi connectivity index (χ3v) is 4.25. The van der Waals surface area contributed by atoms with Crippen LogP contribution in [0.3, 0.4) is 0 Å². The highest BCUT2D eigenvalue weighted by Crippen LogP contribution is 2.18.